The molecule has 1 fully saturated rings. The molecule has 2 atom stereocenters. The van der Waals surface area contributed by atoms with E-state index in [9.17, 15) is 0 Å². The highest BCUT2D eigenvalue weighted by Gasteiger charge is 2.23. The lowest BCUT2D eigenvalue weighted by molar-refractivity contribution is 0.239. The van der Waals surface area contributed by atoms with Crippen LogP contribution >= 0.6 is 0 Å². The molecule has 2 rings (SSSR count). The number of hydrogen-bond donors (Lipinski definition) is 0. The Kier molecular flexibility index (Phi) is 7.68. The normalized spacial score (nSPS) is 24.8. The van der Waals surface area contributed by atoms with E-state index in [1.165, 1.54) is 43.6 Å². The van der Waals surface area contributed by atoms with Gasteiger partial charge in [0, 0.05) is 17.8 Å². The predicted octanol–water partition coefficient (Wildman–Crippen LogP) is 5.82. The van der Waals surface area contributed by atoms with Crippen LogP contribution in [0.3, 0.4) is 0 Å². The summed E-state index contributed by atoms with van der Waals surface area (Å²) in [6.07, 6.45) is 14.3. The van der Waals surface area contributed by atoms with Gasteiger partial charge in [0.15, 0.2) is 0 Å². The third kappa shape index (κ3) is 5.95. The van der Waals surface area contributed by atoms with Gasteiger partial charge in [-0.15, -0.1) is 0 Å². The molecule has 1 unspecified atom stereocenters. The van der Waals surface area contributed by atoms with Crippen LogP contribution in [-0.4, -0.2) is 35.8 Å². The molecule has 2 aliphatic rings. The minimum Gasteiger partial charge on any atom is -0.297 e. The maximum Gasteiger partial charge on any atom is 0.0442 e. The molecule has 1 saturated heterocycles. The van der Waals surface area contributed by atoms with Crippen molar-refractivity contribution in [1.82, 2.24) is 4.90 Å². The van der Waals surface area contributed by atoms with Crippen molar-refractivity contribution >= 4 is 5.71 Å². The molecule has 1 heterocycles. The molecule has 0 amide bonds. The summed E-state index contributed by atoms with van der Waals surface area (Å²) in [5.41, 5.74) is 4.36. The minimum atomic E-state index is 0.420. The van der Waals surface area contributed by atoms with E-state index in [0.29, 0.717) is 23.9 Å². The summed E-state index contributed by atoms with van der Waals surface area (Å²) in [6, 6.07) is 0.955. The second-order valence-electron chi connectivity index (χ2n) is 8.37. The van der Waals surface area contributed by atoms with Gasteiger partial charge in [-0.25, -0.2) is 0 Å². The highest BCUT2D eigenvalue weighted by molar-refractivity contribution is 5.84. The standard InChI is InChI=1S/C23H38N2/c1-17(2)21-9-7-10-23(13-12-21)20(6)25-15-8-11-22(14-16-25)19(5)24-18(3)4/h7,9,12-13,17-18,20,22H,8,10-11,14-16H2,1-6H3/t20-,22?/m1/s1. The Balaban J connectivity index is 2.01. The fraction of sp³-hybridized carbons (Fsp3) is 0.696. The lowest BCUT2D eigenvalue weighted by Gasteiger charge is -2.29. The maximum absolute atomic E-state index is 4.81. The second-order valence-corrected chi connectivity index (χ2v) is 8.37. The fourth-order valence-corrected chi connectivity index (χ4v) is 4.02. The zero-order valence-electron chi connectivity index (χ0n) is 17.3. The molecule has 0 bridgehead atoms. The van der Waals surface area contributed by atoms with Crippen LogP contribution in [-0.2, 0) is 0 Å². The first kappa shape index (κ1) is 20.2. The number of hydrogen-bond acceptors (Lipinski definition) is 2. The summed E-state index contributed by atoms with van der Waals surface area (Å²) in [5.74, 6) is 1.28. The SMILES string of the molecule is CC(=NC(C)C)C1CCCN([C@H](C)C2=CC=C(C(C)C)C=CC2)CC1. The Morgan fingerprint density at radius 3 is 2.52 bits per heavy atom. The third-order valence-corrected chi connectivity index (χ3v) is 5.72. The molecule has 0 aromatic rings. The summed E-state index contributed by atoms with van der Waals surface area (Å²) in [4.78, 5) is 7.50. The average Bonchev–Trinajstić information content (AvgIpc) is 2.94. The molecule has 140 valence electrons. The maximum atomic E-state index is 4.81. The number of rotatable bonds is 5. The van der Waals surface area contributed by atoms with Crippen molar-refractivity contribution < 1.29 is 0 Å². The molecule has 1 aliphatic carbocycles. The molecule has 0 spiro atoms. The van der Waals surface area contributed by atoms with Gasteiger partial charge in [0.05, 0.1) is 0 Å². The van der Waals surface area contributed by atoms with Crippen molar-refractivity contribution in [2.45, 2.75) is 79.3 Å². The molecule has 25 heavy (non-hydrogen) atoms. The molecule has 0 radical (unpaired) electrons. The summed E-state index contributed by atoms with van der Waals surface area (Å²) in [5, 5.41) is 0. The molecule has 0 saturated carbocycles. The van der Waals surface area contributed by atoms with E-state index < -0.39 is 0 Å². The van der Waals surface area contributed by atoms with Crippen LogP contribution in [0.25, 0.3) is 0 Å². The van der Waals surface area contributed by atoms with Gasteiger partial charge in [0.2, 0.25) is 0 Å². The summed E-state index contributed by atoms with van der Waals surface area (Å²) in [7, 11) is 0. The second kappa shape index (κ2) is 9.52. The quantitative estimate of drug-likeness (QED) is 0.575. The Morgan fingerprint density at radius 1 is 1.08 bits per heavy atom. The van der Waals surface area contributed by atoms with E-state index in [2.05, 4.69) is 70.7 Å². The predicted molar refractivity (Wildman–Crippen MR) is 111 cm³/mol. The van der Waals surface area contributed by atoms with Crippen LogP contribution in [0.5, 0.6) is 0 Å². The summed E-state index contributed by atoms with van der Waals surface area (Å²) >= 11 is 0. The first-order valence-electron chi connectivity index (χ1n) is 10.2. The Morgan fingerprint density at radius 2 is 1.84 bits per heavy atom. The van der Waals surface area contributed by atoms with Crippen molar-refractivity contribution in [2.75, 3.05) is 13.1 Å². The van der Waals surface area contributed by atoms with Crippen LogP contribution in [0, 0.1) is 11.8 Å². The van der Waals surface area contributed by atoms with Gasteiger partial charge >= 0.3 is 0 Å². The summed E-state index contributed by atoms with van der Waals surface area (Å²) < 4.78 is 0. The van der Waals surface area contributed by atoms with Gasteiger partial charge in [0.1, 0.15) is 0 Å². The van der Waals surface area contributed by atoms with E-state index in [1.807, 2.05) is 0 Å². The van der Waals surface area contributed by atoms with Crippen molar-refractivity contribution in [3.63, 3.8) is 0 Å². The van der Waals surface area contributed by atoms with Crippen molar-refractivity contribution in [1.29, 1.82) is 0 Å². The number of aliphatic imine (C=N–C) groups is 1. The van der Waals surface area contributed by atoms with Gasteiger partial charge < -0.3 is 0 Å². The number of allylic oxidation sites excluding steroid dienone is 5. The van der Waals surface area contributed by atoms with Gasteiger partial charge in [-0.2, -0.15) is 0 Å². The Hall–Kier alpha value is -1.15. The highest BCUT2D eigenvalue weighted by atomic mass is 15.1. The monoisotopic (exact) mass is 342 g/mol. The minimum absolute atomic E-state index is 0.420. The van der Waals surface area contributed by atoms with Gasteiger partial charge in [-0.1, -0.05) is 38.2 Å². The lowest BCUT2D eigenvalue weighted by Crippen LogP contribution is -2.35. The van der Waals surface area contributed by atoms with E-state index in [1.54, 1.807) is 5.57 Å². The first-order chi connectivity index (χ1) is 11.9. The topological polar surface area (TPSA) is 15.6 Å². The van der Waals surface area contributed by atoms with Crippen molar-refractivity contribution in [2.24, 2.45) is 16.8 Å². The fourth-order valence-electron chi connectivity index (χ4n) is 4.02. The zero-order chi connectivity index (χ0) is 18.4. The van der Waals surface area contributed by atoms with Crippen LogP contribution < -0.4 is 0 Å². The number of nitrogens with zero attached hydrogens (tertiary/aromatic N) is 2. The molecule has 0 aromatic carbocycles. The van der Waals surface area contributed by atoms with Gasteiger partial charge in [0.25, 0.3) is 0 Å². The van der Waals surface area contributed by atoms with Crippen LogP contribution in [0.4, 0.5) is 0 Å². The van der Waals surface area contributed by atoms with Crippen LogP contribution in [0.1, 0.15) is 67.2 Å². The Labute approximate surface area is 155 Å². The van der Waals surface area contributed by atoms with E-state index in [4.69, 9.17) is 4.99 Å². The zero-order valence-corrected chi connectivity index (χ0v) is 17.3. The third-order valence-electron chi connectivity index (χ3n) is 5.72. The van der Waals surface area contributed by atoms with E-state index in [0.717, 1.165) is 6.42 Å². The first-order valence-corrected chi connectivity index (χ1v) is 10.2. The average molecular weight is 343 g/mol. The van der Waals surface area contributed by atoms with Crippen molar-refractivity contribution in [3.05, 3.63) is 35.5 Å². The number of likely N-dealkylation sites (tertiary alicyclic amines) is 1. The van der Waals surface area contributed by atoms with Crippen LogP contribution in [0.15, 0.2) is 40.4 Å². The van der Waals surface area contributed by atoms with E-state index in [-0.39, 0.29) is 0 Å². The van der Waals surface area contributed by atoms with Gasteiger partial charge in [-0.05, 0) is 89.4 Å². The highest BCUT2D eigenvalue weighted by Crippen LogP contribution is 2.26. The smallest absolute Gasteiger partial charge is 0.0442 e. The van der Waals surface area contributed by atoms with Gasteiger partial charge in [-0.3, -0.25) is 9.89 Å². The van der Waals surface area contributed by atoms with Crippen molar-refractivity contribution in [3.8, 4) is 0 Å². The molecule has 2 heteroatoms. The molecular formula is C23H38N2. The van der Waals surface area contributed by atoms with E-state index >= 15 is 0 Å². The Bertz CT molecular complexity index is 548. The largest absolute Gasteiger partial charge is 0.297 e. The molecule has 1 aliphatic heterocycles. The summed E-state index contributed by atoms with van der Waals surface area (Å²) in [6.45, 7) is 15.9. The van der Waals surface area contributed by atoms with Crippen LogP contribution in [0.2, 0.25) is 0 Å². The molecular weight excluding hydrogens is 304 g/mol. The lowest BCUT2D eigenvalue weighted by atomic mass is 9.96. The molecule has 0 N–H and O–H groups in total. The molecule has 2 nitrogen and oxygen atoms in total. The molecule has 0 aromatic heterocycles.